The number of nitrogens with two attached hydrogens (primary N) is 1. The maximum atomic E-state index is 10.8. The van der Waals surface area contributed by atoms with Crippen LogP contribution in [0, 0.1) is 11.3 Å². The summed E-state index contributed by atoms with van der Waals surface area (Å²) in [6.07, 6.45) is 1.10. The molecule has 0 atom stereocenters. The molecule has 204 valence electrons. The van der Waals surface area contributed by atoms with Gasteiger partial charge in [-0.3, -0.25) is 0 Å². The number of hydrogen-bond donors (Lipinski definition) is 2. The van der Waals surface area contributed by atoms with Gasteiger partial charge in [0.2, 0.25) is 0 Å². The largest absolute Gasteiger partial charge is 0.489 e. The molecule has 1 aliphatic heterocycles. The SMILES string of the molecule is CC(C)(O)COc1cc(-c2ccc(N3CCC(C)(N)CC3)nc2)c2c(C#N)cnn2c1.O=CCC(F)(F)F. The zero-order chi connectivity index (χ0) is 28.1. The predicted molar refractivity (Wildman–Crippen MR) is 136 cm³/mol. The number of fused-ring (bicyclic) bond motifs is 1. The van der Waals surface area contributed by atoms with Crippen molar-refractivity contribution >= 4 is 17.6 Å². The average molecular weight is 533 g/mol. The fourth-order valence-electron chi connectivity index (χ4n) is 3.81. The van der Waals surface area contributed by atoms with Crippen LogP contribution in [-0.2, 0) is 4.79 Å². The van der Waals surface area contributed by atoms with Crippen LogP contribution in [0.25, 0.3) is 16.6 Å². The van der Waals surface area contributed by atoms with Crippen molar-refractivity contribution in [1.82, 2.24) is 14.6 Å². The number of carbonyl (C=O) groups excluding carboxylic acids is 1. The van der Waals surface area contributed by atoms with Gasteiger partial charge in [0.1, 0.15) is 30.5 Å². The smallest absolute Gasteiger partial charge is 0.395 e. The first-order chi connectivity index (χ1) is 17.7. The molecular formula is C26H31F3N6O3. The van der Waals surface area contributed by atoms with Gasteiger partial charge in [0.15, 0.2) is 0 Å². The third-order valence-electron chi connectivity index (χ3n) is 5.90. The minimum absolute atomic E-state index is 0.110. The number of halogens is 3. The third-order valence-corrected chi connectivity index (χ3v) is 5.90. The first-order valence-corrected chi connectivity index (χ1v) is 12.0. The van der Waals surface area contributed by atoms with Crippen molar-refractivity contribution in [3.05, 3.63) is 42.4 Å². The molecule has 1 aliphatic rings. The Balaban J connectivity index is 0.000000505. The molecule has 38 heavy (non-hydrogen) atoms. The van der Waals surface area contributed by atoms with Crippen LogP contribution in [-0.4, -0.2) is 63.0 Å². The Morgan fingerprint density at radius 3 is 2.45 bits per heavy atom. The van der Waals surface area contributed by atoms with Crippen LogP contribution < -0.4 is 15.4 Å². The van der Waals surface area contributed by atoms with E-state index in [2.05, 4.69) is 28.0 Å². The molecule has 0 spiro atoms. The van der Waals surface area contributed by atoms with E-state index in [0.29, 0.717) is 16.8 Å². The molecule has 1 fully saturated rings. The molecule has 3 aromatic rings. The first kappa shape index (κ1) is 28.9. The lowest BCUT2D eigenvalue weighted by atomic mass is 9.91. The van der Waals surface area contributed by atoms with Crippen LogP contribution in [0.15, 0.2) is 36.8 Å². The van der Waals surface area contributed by atoms with Gasteiger partial charge in [0.25, 0.3) is 0 Å². The minimum Gasteiger partial charge on any atom is -0.489 e. The summed E-state index contributed by atoms with van der Waals surface area (Å²) in [4.78, 5) is 16.0. The highest BCUT2D eigenvalue weighted by Crippen LogP contribution is 2.32. The van der Waals surface area contributed by atoms with Crippen LogP contribution >= 0.6 is 0 Å². The van der Waals surface area contributed by atoms with E-state index in [4.69, 9.17) is 15.3 Å². The van der Waals surface area contributed by atoms with Crippen molar-refractivity contribution in [3.8, 4) is 22.9 Å². The number of carbonyl (C=O) groups is 1. The van der Waals surface area contributed by atoms with Crippen molar-refractivity contribution in [1.29, 1.82) is 5.26 Å². The lowest BCUT2D eigenvalue weighted by Gasteiger charge is -2.37. The number of rotatable bonds is 6. The molecule has 3 N–H and O–H groups in total. The number of hydrogen-bond acceptors (Lipinski definition) is 8. The van der Waals surface area contributed by atoms with Crippen LogP contribution in [0.1, 0.15) is 45.6 Å². The zero-order valence-electron chi connectivity index (χ0n) is 21.5. The molecule has 0 amide bonds. The predicted octanol–water partition coefficient (Wildman–Crippen LogP) is 3.87. The first-order valence-electron chi connectivity index (χ1n) is 12.0. The van der Waals surface area contributed by atoms with E-state index in [1.807, 2.05) is 24.4 Å². The number of alkyl halides is 3. The molecule has 0 bridgehead atoms. The third kappa shape index (κ3) is 7.90. The van der Waals surface area contributed by atoms with Crippen molar-refractivity contribution < 1.29 is 27.8 Å². The Bertz CT molecular complexity index is 1280. The number of aromatic nitrogens is 3. The van der Waals surface area contributed by atoms with E-state index in [9.17, 15) is 23.5 Å². The summed E-state index contributed by atoms with van der Waals surface area (Å²) in [5.74, 6) is 1.47. The molecule has 3 aromatic heterocycles. The van der Waals surface area contributed by atoms with Crippen LogP contribution in [0.5, 0.6) is 5.75 Å². The second kappa shape index (κ2) is 11.4. The Labute approximate surface area is 218 Å². The van der Waals surface area contributed by atoms with Crippen molar-refractivity contribution in [3.63, 3.8) is 0 Å². The summed E-state index contributed by atoms with van der Waals surface area (Å²) in [6.45, 7) is 7.36. The Kier molecular flexibility index (Phi) is 8.64. The average Bonchev–Trinajstić information content (AvgIpc) is 3.25. The lowest BCUT2D eigenvalue weighted by Crippen LogP contribution is -2.48. The van der Waals surface area contributed by atoms with E-state index in [0.717, 1.165) is 42.9 Å². The summed E-state index contributed by atoms with van der Waals surface area (Å²) >= 11 is 0. The fourth-order valence-corrected chi connectivity index (χ4v) is 3.81. The highest BCUT2D eigenvalue weighted by atomic mass is 19.4. The van der Waals surface area contributed by atoms with Gasteiger partial charge < -0.3 is 25.3 Å². The van der Waals surface area contributed by atoms with Crippen LogP contribution in [0.3, 0.4) is 0 Å². The molecule has 4 heterocycles. The molecule has 12 heteroatoms. The number of ether oxygens (including phenoxy) is 1. The number of anilines is 1. The number of aldehydes is 1. The normalized spacial score (nSPS) is 15.4. The second-order valence-electron chi connectivity index (χ2n) is 10.2. The van der Waals surface area contributed by atoms with Gasteiger partial charge in [0.05, 0.1) is 35.5 Å². The fraction of sp³-hybridized carbons (Fsp3) is 0.462. The van der Waals surface area contributed by atoms with Crippen molar-refractivity contribution in [2.75, 3.05) is 24.6 Å². The van der Waals surface area contributed by atoms with Gasteiger partial charge in [0, 0.05) is 36.0 Å². The summed E-state index contributed by atoms with van der Waals surface area (Å²) in [7, 11) is 0. The molecule has 4 rings (SSSR count). The van der Waals surface area contributed by atoms with Gasteiger partial charge in [-0.15, -0.1) is 0 Å². The molecule has 9 nitrogen and oxygen atoms in total. The van der Waals surface area contributed by atoms with Crippen LogP contribution in [0.2, 0.25) is 0 Å². The highest BCUT2D eigenvalue weighted by molar-refractivity contribution is 5.85. The molecule has 0 aromatic carbocycles. The van der Waals surface area contributed by atoms with E-state index < -0.39 is 18.2 Å². The maximum absolute atomic E-state index is 10.8. The Morgan fingerprint density at radius 2 is 1.95 bits per heavy atom. The zero-order valence-corrected chi connectivity index (χ0v) is 21.5. The van der Waals surface area contributed by atoms with Gasteiger partial charge in [-0.1, -0.05) is 0 Å². The van der Waals surface area contributed by atoms with Crippen molar-refractivity contribution in [2.45, 2.75) is 57.3 Å². The maximum Gasteiger partial charge on any atom is 0.395 e. The molecular weight excluding hydrogens is 501 g/mol. The Morgan fingerprint density at radius 1 is 1.26 bits per heavy atom. The molecule has 1 saturated heterocycles. The number of nitrogens with zero attached hydrogens (tertiary/aromatic N) is 5. The summed E-state index contributed by atoms with van der Waals surface area (Å²) < 4.78 is 39.9. The van der Waals surface area contributed by atoms with Gasteiger partial charge in [-0.2, -0.15) is 23.5 Å². The number of nitriles is 1. The van der Waals surface area contributed by atoms with E-state index >= 15 is 0 Å². The summed E-state index contributed by atoms with van der Waals surface area (Å²) in [6, 6.07) is 8.06. The monoisotopic (exact) mass is 532 g/mol. The summed E-state index contributed by atoms with van der Waals surface area (Å²) in [5, 5.41) is 23.8. The molecule has 0 unspecified atom stereocenters. The lowest BCUT2D eigenvalue weighted by molar-refractivity contribution is -0.144. The number of piperidine rings is 1. The molecule has 0 aliphatic carbocycles. The van der Waals surface area contributed by atoms with E-state index in [-0.39, 0.29) is 18.4 Å². The van der Waals surface area contributed by atoms with Crippen LogP contribution in [0.4, 0.5) is 19.0 Å². The highest BCUT2D eigenvalue weighted by Gasteiger charge is 2.27. The van der Waals surface area contributed by atoms with E-state index in [1.165, 1.54) is 6.20 Å². The quantitative estimate of drug-likeness (QED) is 0.458. The minimum atomic E-state index is -4.32. The summed E-state index contributed by atoms with van der Waals surface area (Å²) in [5.41, 5.74) is 8.01. The Hall–Kier alpha value is -3.69. The molecule has 0 radical (unpaired) electrons. The standard InChI is InChI=1S/C23H28N6O2.C3H3F3O/c1-22(2,30)15-31-18-10-19(21-17(11-24)13-27-29(21)14-18)16-4-5-20(26-12-16)28-8-6-23(3,25)7-9-28;4-3(5,6)1-2-7/h4-5,10,12-14,30H,6-9,15,25H2,1-3H3;2H,1H2. The van der Waals surface area contributed by atoms with Crippen molar-refractivity contribution in [2.24, 2.45) is 5.73 Å². The number of pyridine rings is 2. The van der Waals surface area contributed by atoms with E-state index in [1.54, 1.807) is 24.6 Å². The van der Waals surface area contributed by atoms with Gasteiger partial charge in [-0.25, -0.2) is 9.50 Å². The van der Waals surface area contributed by atoms with Gasteiger partial charge in [-0.05, 0) is 51.8 Å². The van der Waals surface area contributed by atoms with Gasteiger partial charge >= 0.3 is 6.18 Å². The second-order valence-corrected chi connectivity index (χ2v) is 10.2. The number of aliphatic hydroxyl groups is 1. The topological polar surface area (TPSA) is 130 Å². The molecule has 0 saturated carbocycles.